The number of allylic oxidation sites excluding steroid dienone is 1. The highest BCUT2D eigenvalue weighted by Crippen LogP contribution is 2.42. The van der Waals surface area contributed by atoms with E-state index < -0.39 is 0 Å². The van der Waals surface area contributed by atoms with Gasteiger partial charge in [-0.25, -0.2) is 0 Å². The van der Waals surface area contributed by atoms with Gasteiger partial charge in [0.05, 0.1) is 0 Å². The van der Waals surface area contributed by atoms with Crippen molar-refractivity contribution in [2.75, 3.05) is 13.1 Å². The van der Waals surface area contributed by atoms with Crippen molar-refractivity contribution in [2.45, 2.75) is 58.8 Å². The predicted molar refractivity (Wildman–Crippen MR) is 72.7 cm³/mol. The molecule has 0 amide bonds. The van der Waals surface area contributed by atoms with Gasteiger partial charge in [-0.1, -0.05) is 32.8 Å². The van der Waals surface area contributed by atoms with Crippen LogP contribution in [0.4, 0.5) is 0 Å². The van der Waals surface area contributed by atoms with Crippen LogP contribution in [0.25, 0.3) is 0 Å². The van der Waals surface area contributed by atoms with Crippen molar-refractivity contribution in [1.29, 1.82) is 0 Å². The molecule has 0 aromatic carbocycles. The number of unbranched alkanes of at least 4 members (excludes halogenated alkanes) is 1. The molecule has 0 aromatic heterocycles. The second-order valence-corrected chi connectivity index (χ2v) is 5.91. The van der Waals surface area contributed by atoms with Crippen molar-refractivity contribution in [3.8, 4) is 0 Å². The lowest BCUT2D eigenvalue weighted by atomic mass is 9.78. The van der Waals surface area contributed by atoms with Crippen LogP contribution < -0.4 is 5.32 Å². The van der Waals surface area contributed by atoms with Crippen molar-refractivity contribution in [3.05, 3.63) is 12.7 Å². The molecule has 0 aromatic rings. The number of rotatable bonds is 8. The molecule has 0 saturated heterocycles. The summed E-state index contributed by atoms with van der Waals surface area (Å²) in [5, 5.41) is 3.66. The van der Waals surface area contributed by atoms with Crippen molar-refractivity contribution < 1.29 is 0 Å². The first-order valence-electron chi connectivity index (χ1n) is 7.00. The summed E-state index contributed by atoms with van der Waals surface area (Å²) in [6.45, 7) is 10.9. The van der Waals surface area contributed by atoms with Crippen LogP contribution in [0.15, 0.2) is 12.7 Å². The van der Waals surface area contributed by atoms with E-state index in [1.807, 2.05) is 6.08 Å². The van der Waals surface area contributed by atoms with Gasteiger partial charge in [0.15, 0.2) is 0 Å². The molecule has 1 aliphatic rings. The van der Waals surface area contributed by atoms with E-state index >= 15 is 0 Å². The molecular formula is C15H29N. The Kier molecular flexibility index (Phi) is 6.12. The zero-order valence-electron chi connectivity index (χ0n) is 11.2. The normalized spacial score (nSPS) is 19.2. The van der Waals surface area contributed by atoms with Crippen LogP contribution >= 0.6 is 0 Å². The standard InChI is InChI=1S/C15H29N/c1-4-5-8-11-16-13-15(12-14(2)3)9-6-7-10-15/h4,14,16H,1,5-13H2,2-3H3. The van der Waals surface area contributed by atoms with E-state index in [0.29, 0.717) is 5.41 Å². The smallest absolute Gasteiger partial charge is 0.000791 e. The van der Waals surface area contributed by atoms with E-state index in [-0.39, 0.29) is 0 Å². The highest BCUT2D eigenvalue weighted by Gasteiger charge is 2.33. The summed E-state index contributed by atoms with van der Waals surface area (Å²) in [6, 6.07) is 0. The van der Waals surface area contributed by atoms with E-state index in [4.69, 9.17) is 0 Å². The zero-order valence-corrected chi connectivity index (χ0v) is 11.2. The molecule has 0 spiro atoms. The van der Waals surface area contributed by atoms with Crippen LogP contribution in [-0.2, 0) is 0 Å². The summed E-state index contributed by atoms with van der Waals surface area (Å²) in [6.07, 6.45) is 11.6. The molecule has 1 rings (SSSR count). The molecule has 1 heteroatoms. The number of nitrogens with one attached hydrogen (secondary N) is 1. The Labute approximate surface area is 102 Å². The zero-order chi connectivity index (χ0) is 11.9. The largest absolute Gasteiger partial charge is 0.316 e. The quantitative estimate of drug-likeness (QED) is 0.481. The minimum absolute atomic E-state index is 0.627. The first-order chi connectivity index (χ1) is 7.68. The monoisotopic (exact) mass is 223 g/mol. The Balaban J connectivity index is 2.25. The third-order valence-electron chi connectivity index (χ3n) is 3.77. The lowest BCUT2D eigenvalue weighted by molar-refractivity contribution is 0.224. The third-order valence-corrected chi connectivity index (χ3v) is 3.77. The molecule has 0 radical (unpaired) electrons. The van der Waals surface area contributed by atoms with Gasteiger partial charge < -0.3 is 5.32 Å². The lowest BCUT2D eigenvalue weighted by Crippen LogP contribution is -2.33. The summed E-state index contributed by atoms with van der Waals surface area (Å²) in [5.41, 5.74) is 0.627. The summed E-state index contributed by atoms with van der Waals surface area (Å²) in [5.74, 6) is 0.841. The molecule has 1 nitrogen and oxygen atoms in total. The van der Waals surface area contributed by atoms with Gasteiger partial charge in [-0.3, -0.25) is 0 Å². The van der Waals surface area contributed by atoms with Crippen LogP contribution in [0.2, 0.25) is 0 Å². The van der Waals surface area contributed by atoms with E-state index in [0.717, 1.165) is 18.9 Å². The second-order valence-electron chi connectivity index (χ2n) is 5.91. The summed E-state index contributed by atoms with van der Waals surface area (Å²) < 4.78 is 0. The topological polar surface area (TPSA) is 12.0 Å². The average Bonchev–Trinajstić information content (AvgIpc) is 2.65. The van der Waals surface area contributed by atoms with Gasteiger partial charge in [0.1, 0.15) is 0 Å². The molecule has 1 saturated carbocycles. The van der Waals surface area contributed by atoms with Crippen LogP contribution in [0.3, 0.4) is 0 Å². The molecule has 16 heavy (non-hydrogen) atoms. The molecule has 0 heterocycles. The van der Waals surface area contributed by atoms with E-state index in [9.17, 15) is 0 Å². The highest BCUT2D eigenvalue weighted by molar-refractivity contribution is 4.87. The van der Waals surface area contributed by atoms with Gasteiger partial charge in [-0.2, -0.15) is 0 Å². The molecule has 1 aliphatic carbocycles. The third kappa shape index (κ3) is 4.69. The van der Waals surface area contributed by atoms with Crippen molar-refractivity contribution in [1.82, 2.24) is 5.32 Å². The maximum absolute atomic E-state index is 3.76. The van der Waals surface area contributed by atoms with Crippen LogP contribution in [0.1, 0.15) is 58.8 Å². The van der Waals surface area contributed by atoms with Crippen LogP contribution in [0, 0.1) is 11.3 Å². The summed E-state index contributed by atoms with van der Waals surface area (Å²) >= 11 is 0. The molecule has 1 N–H and O–H groups in total. The van der Waals surface area contributed by atoms with Crippen molar-refractivity contribution >= 4 is 0 Å². The fourth-order valence-corrected chi connectivity index (χ4v) is 3.17. The van der Waals surface area contributed by atoms with E-state index in [1.165, 1.54) is 45.1 Å². The van der Waals surface area contributed by atoms with Gasteiger partial charge in [0, 0.05) is 6.54 Å². The molecule has 0 bridgehead atoms. The number of hydrogen-bond acceptors (Lipinski definition) is 1. The van der Waals surface area contributed by atoms with Gasteiger partial charge in [-0.15, -0.1) is 6.58 Å². The molecule has 94 valence electrons. The van der Waals surface area contributed by atoms with Gasteiger partial charge in [0.25, 0.3) is 0 Å². The second kappa shape index (κ2) is 7.11. The van der Waals surface area contributed by atoms with E-state index in [2.05, 4.69) is 25.7 Å². The molecule has 0 unspecified atom stereocenters. The molecular weight excluding hydrogens is 194 g/mol. The van der Waals surface area contributed by atoms with Crippen LogP contribution in [0.5, 0.6) is 0 Å². The lowest BCUT2D eigenvalue weighted by Gasteiger charge is -2.31. The first-order valence-corrected chi connectivity index (χ1v) is 7.00. The Morgan fingerprint density at radius 1 is 1.31 bits per heavy atom. The minimum Gasteiger partial charge on any atom is -0.316 e. The predicted octanol–water partition coefficient (Wildman–Crippen LogP) is 4.15. The maximum atomic E-state index is 3.76. The summed E-state index contributed by atoms with van der Waals surface area (Å²) in [7, 11) is 0. The van der Waals surface area contributed by atoms with Crippen molar-refractivity contribution in [3.63, 3.8) is 0 Å². The molecule has 0 atom stereocenters. The van der Waals surface area contributed by atoms with Gasteiger partial charge in [-0.05, 0) is 50.0 Å². The first kappa shape index (κ1) is 13.8. The number of hydrogen-bond donors (Lipinski definition) is 1. The Bertz CT molecular complexity index is 190. The fraction of sp³-hybridized carbons (Fsp3) is 0.867. The Morgan fingerprint density at radius 2 is 2.00 bits per heavy atom. The van der Waals surface area contributed by atoms with Gasteiger partial charge >= 0.3 is 0 Å². The van der Waals surface area contributed by atoms with Crippen molar-refractivity contribution in [2.24, 2.45) is 11.3 Å². The Hall–Kier alpha value is -0.300. The minimum atomic E-state index is 0.627. The molecule has 0 aliphatic heterocycles. The fourth-order valence-electron chi connectivity index (χ4n) is 3.17. The van der Waals surface area contributed by atoms with Crippen LogP contribution in [-0.4, -0.2) is 13.1 Å². The summed E-state index contributed by atoms with van der Waals surface area (Å²) in [4.78, 5) is 0. The SMILES string of the molecule is C=CCCCNCC1(CC(C)C)CCCC1. The highest BCUT2D eigenvalue weighted by atomic mass is 14.9. The Morgan fingerprint density at radius 3 is 2.56 bits per heavy atom. The van der Waals surface area contributed by atoms with Gasteiger partial charge in [0.2, 0.25) is 0 Å². The van der Waals surface area contributed by atoms with E-state index in [1.54, 1.807) is 0 Å². The average molecular weight is 223 g/mol. The molecule has 1 fully saturated rings. The maximum Gasteiger partial charge on any atom is 0.000791 e.